The van der Waals surface area contributed by atoms with Gasteiger partial charge in [-0.25, -0.2) is 0 Å². The van der Waals surface area contributed by atoms with Crippen LogP contribution in [0.25, 0.3) is 0 Å². The molecular weight excluding hydrogens is 400 g/mol. The lowest BCUT2D eigenvalue weighted by Gasteiger charge is -2.17. The van der Waals surface area contributed by atoms with Crippen molar-refractivity contribution in [2.75, 3.05) is 19.8 Å². The van der Waals surface area contributed by atoms with Crippen LogP contribution in [0.4, 0.5) is 0 Å². The lowest BCUT2D eigenvalue weighted by molar-refractivity contribution is -0.127. The number of nitrogens with one attached hydrogen (secondary N) is 1. The molecule has 0 heterocycles. The van der Waals surface area contributed by atoms with E-state index in [1.165, 1.54) is 0 Å². The summed E-state index contributed by atoms with van der Waals surface area (Å²) in [6.45, 7) is 2.56. The highest BCUT2D eigenvalue weighted by molar-refractivity contribution is 9.10. The van der Waals surface area contributed by atoms with Gasteiger partial charge in [0.2, 0.25) is 5.91 Å². The number of aryl methyl sites for hydroxylation is 1. The van der Waals surface area contributed by atoms with Crippen molar-refractivity contribution in [3.8, 4) is 0 Å². The maximum Gasteiger partial charge on any atom is 0.251 e. The van der Waals surface area contributed by atoms with Gasteiger partial charge in [-0.05, 0) is 48.4 Å². The summed E-state index contributed by atoms with van der Waals surface area (Å²) in [4.78, 5) is 26.7. The minimum absolute atomic E-state index is 0.0719. The summed E-state index contributed by atoms with van der Waals surface area (Å²) in [5.41, 5.74) is 2.76. The molecule has 0 aliphatic rings. The molecule has 6 heteroatoms. The summed E-state index contributed by atoms with van der Waals surface area (Å²) >= 11 is 4.99. The minimum Gasteiger partial charge on any atom is -0.355 e. The summed E-state index contributed by atoms with van der Waals surface area (Å²) in [7, 11) is 3.40. The van der Waals surface area contributed by atoms with Crippen molar-refractivity contribution in [3.05, 3.63) is 63.6 Å². The Hall–Kier alpha value is -1.79. The molecule has 0 aliphatic carbocycles. The van der Waals surface area contributed by atoms with Crippen LogP contribution in [0.2, 0.25) is 0 Å². The summed E-state index contributed by atoms with van der Waals surface area (Å²) in [5, 5.41) is 2.59. The molecule has 0 atom stereocenters. The fourth-order valence-electron chi connectivity index (χ4n) is 2.29. The van der Waals surface area contributed by atoms with Gasteiger partial charge in [-0.15, -0.1) is 11.8 Å². The van der Waals surface area contributed by atoms with Crippen LogP contribution in [0.15, 0.2) is 51.8 Å². The van der Waals surface area contributed by atoms with E-state index in [9.17, 15) is 9.59 Å². The zero-order chi connectivity index (χ0) is 18.4. The number of hydrogen-bond donors (Lipinski definition) is 1. The number of carbonyl (C=O) groups excluding carboxylic acids is 2. The summed E-state index contributed by atoms with van der Waals surface area (Å²) < 4.78 is 1.04. The van der Waals surface area contributed by atoms with Crippen molar-refractivity contribution in [1.82, 2.24) is 10.2 Å². The Balaban J connectivity index is 1.90. The average Bonchev–Trinajstić information content (AvgIpc) is 2.60. The lowest BCUT2D eigenvalue weighted by atomic mass is 10.1. The van der Waals surface area contributed by atoms with Gasteiger partial charge < -0.3 is 10.2 Å². The zero-order valence-electron chi connectivity index (χ0n) is 14.5. The van der Waals surface area contributed by atoms with E-state index in [0.29, 0.717) is 17.9 Å². The first kappa shape index (κ1) is 19.5. The number of carbonyl (C=O) groups is 2. The number of nitrogens with zero attached hydrogens (tertiary/aromatic N) is 1. The number of amides is 2. The molecule has 2 rings (SSSR count). The Kier molecular flexibility index (Phi) is 7.08. The predicted octanol–water partition coefficient (Wildman–Crippen LogP) is 3.87. The maximum absolute atomic E-state index is 12.4. The first-order valence-electron chi connectivity index (χ1n) is 7.84. The molecule has 0 bridgehead atoms. The normalized spacial score (nSPS) is 10.4. The van der Waals surface area contributed by atoms with Crippen LogP contribution < -0.4 is 5.32 Å². The largest absolute Gasteiger partial charge is 0.355 e. The van der Waals surface area contributed by atoms with E-state index in [0.717, 1.165) is 20.5 Å². The molecule has 0 radical (unpaired) electrons. The third-order valence-electron chi connectivity index (χ3n) is 3.78. The van der Waals surface area contributed by atoms with Crippen molar-refractivity contribution < 1.29 is 9.59 Å². The molecule has 0 unspecified atom stereocenters. The molecule has 0 aliphatic heterocycles. The van der Waals surface area contributed by atoms with Crippen molar-refractivity contribution in [2.45, 2.75) is 18.4 Å². The van der Waals surface area contributed by atoms with E-state index in [2.05, 4.69) is 21.2 Å². The van der Waals surface area contributed by atoms with Crippen LogP contribution in [0.5, 0.6) is 0 Å². The van der Waals surface area contributed by atoms with Crippen molar-refractivity contribution >= 4 is 39.5 Å². The topological polar surface area (TPSA) is 49.4 Å². The number of hydrogen-bond acceptors (Lipinski definition) is 3. The first-order chi connectivity index (χ1) is 11.9. The van der Waals surface area contributed by atoms with Gasteiger partial charge in [-0.2, -0.15) is 0 Å². The van der Waals surface area contributed by atoms with E-state index >= 15 is 0 Å². The molecule has 2 amide bonds. The smallest absolute Gasteiger partial charge is 0.251 e. The standard InChI is InChI=1S/C19H21BrN2O2S/c1-13-10-16(20)8-9-17(13)25-12-18(23)22(3)11-14-4-6-15(7-5-14)19(24)21-2/h4-10H,11-12H2,1-3H3,(H,21,24). The van der Waals surface area contributed by atoms with Gasteiger partial charge in [0.1, 0.15) is 0 Å². The molecule has 0 fully saturated rings. The number of halogens is 1. The number of thioether (sulfide) groups is 1. The van der Waals surface area contributed by atoms with Gasteiger partial charge in [0.05, 0.1) is 5.75 Å². The van der Waals surface area contributed by atoms with Gasteiger partial charge >= 0.3 is 0 Å². The van der Waals surface area contributed by atoms with Crippen LogP contribution in [-0.2, 0) is 11.3 Å². The summed E-state index contributed by atoms with van der Waals surface area (Å²) in [5.74, 6) is 0.356. The van der Waals surface area contributed by atoms with Crippen molar-refractivity contribution in [2.24, 2.45) is 0 Å². The van der Waals surface area contributed by atoms with Gasteiger partial charge in [-0.1, -0.05) is 28.1 Å². The Morgan fingerprint density at radius 3 is 2.44 bits per heavy atom. The van der Waals surface area contributed by atoms with E-state index in [-0.39, 0.29) is 11.8 Å². The molecule has 1 N–H and O–H groups in total. The fourth-order valence-corrected chi connectivity index (χ4v) is 3.72. The minimum atomic E-state index is -0.114. The monoisotopic (exact) mass is 420 g/mol. The molecule has 0 aromatic heterocycles. The maximum atomic E-state index is 12.4. The Bertz CT molecular complexity index is 763. The first-order valence-corrected chi connectivity index (χ1v) is 9.62. The van der Waals surface area contributed by atoms with Gasteiger partial charge in [-0.3, -0.25) is 9.59 Å². The molecule has 2 aromatic carbocycles. The molecule has 132 valence electrons. The van der Waals surface area contributed by atoms with E-state index in [4.69, 9.17) is 0 Å². The number of rotatable bonds is 6. The SMILES string of the molecule is CNC(=O)c1ccc(CN(C)C(=O)CSc2ccc(Br)cc2C)cc1. The quantitative estimate of drug-likeness (QED) is 0.721. The fraction of sp³-hybridized carbons (Fsp3) is 0.263. The van der Waals surface area contributed by atoms with Gasteiger partial charge in [0.25, 0.3) is 5.91 Å². The molecule has 2 aromatic rings. The molecule has 0 spiro atoms. The van der Waals surface area contributed by atoms with Gasteiger partial charge in [0, 0.05) is 35.6 Å². The second kappa shape index (κ2) is 9.06. The lowest BCUT2D eigenvalue weighted by Crippen LogP contribution is -2.27. The molecule has 0 saturated carbocycles. The summed E-state index contributed by atoms with van der Waals surface area (Å²) in [6, 6.07) is 13.3. The van der Waals surface area contributed by atoms with Crippen molar-refractivity contribution in [3.63, 3.8) is 0 Å². The van der Waals surface area contributed by atoms with E-state index in [1.54, 1.807) is 42.9 Å². The summed E-state index contributed by atoms with van der Waals surface area (Å²) in [6.07, 6.45) is 0. The highest BCUT2D eigenvalue weighted by Gasteiger charge is 2.11. The van der Waals surface area contributed by atoms with Crippen LogP contribution in [0, 0.1) is 6.92 Å². The molecular formula is C19H21BrN2O2S. The zero-order valence-corrected chi connectivity index (χ0v) is 16.9. The average molecular weight is 421 g/mol. The number of benzene rings is 2. The molecule has 25 heavy (non-hydrogen) atoms. The molecule has 0 saturated heterocycles. The molecule has 4 nitrogen and oxygen atoms in total. The highest BCUT2D eigenvalue weighted by atomic mass is 79.9. The Labute approximate surface area is 161 Å². The predicted molar refractivity (Wildman–Crippen MR) is 106 cm³/mol. The second-order valence-electron chi connectivity index (χ2n) is 5.72. The van der Waals surface area contributed by atoms with Crippen LogP contribution in [0.3, 0.4) is 0 Å². The Morgan fingerprint density at radius 1 is 1.16 bits per heavy atom. The van der Waals surface area contributed by atoms with E-state index in [1.807, 2.05) is 37.3 Å². The second-order valence-corrected chi connectivity index (χ2v) is 7.66. The Morgan fingerprint density at radius 2 is 1.84 bits per heavy atom. The van der Waals surface area contributed by atoms with Crippen LogP contribution in [0.1, 0.15) is 21.5 Å². The van der Waals surface area contributed by atoms with Gasteiger partial charge in [0.15, 0.2) is 0 Å². The van der Waals surface area contributed by atoms with Crippen LogP contribution >= 0.6 is 27.7 Å². The van der Waals surface area contributed by atoms with E-state index < -0.39 is 0 Å². The highest BCUT2D eigenvalue weighted by Crippen LogP contribution is 2.25. The third kappa shape index (κ3) is 5.61. The van der Waals surface area contributed by atoms with Crippen molar-refractivity contribution in [1.29, 1.82) is 0 Å². The van der Waals surface area contributed by atoms with Crippen LogP contribution in [-0.4, -0.2) is 36.6 Å². The third-order valence-corrected chi connectivity index (χ3v) is 5.43.